The maximum absolute atomic E-state index is 12.9. The van der Waals surface area contributed by atoms with E-state index < -0.39 is 0 Å². The zero-order valence-corrected chi connectivity index (χ0v) is 15.6. The predicted molar refractivity (Wildman–Crippen MR) is 102 cm³/mol. The normalized spacial score (nSPS) is 22.6. The first kappa shape index (κ1) is 16.4. The first-order valence-corrected chi connectivity index (χ1v) is 9.34. The van der Waals surface area contributed by atoms with Gasteiger partial charge >= 0.3 is 0 Å². The van der Waals surface area contributed by atoms with Gasteiger partial charge in [-0.3, -0.25) is 9.69 Å². The van der Waals surface area contributed by atoms with Crippen molar-refractivity contribution in [2.45, 2.75) is 33.4 Å². The smallest absolute Gasteiger partial charge is 0.230 e. The molecule has 0 spiro atoms. The topological polar surface area (TPSA) is 28.5 Å². The molecule has 4 rings (SSSR count). The van der Waals surface area contributed by atoms with Gasteiger partial charge in [0.1, 0.15) is 0 Å². The van der Waals surface area contributed by atoms with Gasteiger partial charge in [0.25, 0.3) is 0 Å². The summed E-state index contributed by atoms with van der Waals surface area (Å²) < 4.78 is 2.39. The van der Waals surface area contributed by atoms with E-state index in [4.69, 9.17) is 0 Å². The fourth-order valence-corrected chi connectivity index (χ4v) is 4.58. The van der Waals surface area contributed by atoms with Crippen molar-refractivity contribution in [3.05, 3.63) is 41.6 Å². The van der Waals surface area contributed by atoms with Crippen molar-refractivity contribution >= 4 is 22.4 Å². The van der Waals surface area contributed by atoms with Crippen molar-refractivity contribution in [3.63, 3.8) is 0 Å². The third kappa shape index (κ3) is 2.43. The van der Waals surface area contributed by atoms with Gasteiger partial charge in [-0.2, -0.15) is 0 Å². The van der Waals surface area contributed by atoms with E-state index in [0.717, 1.165) is 26.2 Å². The Labute approximate surface area is 149 Å². The number of hydrogen-bond donors (Lipinski definition) is 0. The molecule has 0 saturated heterocycles. The van der Waals surface area contributed by atoms with Crippen LogP contribution in [0.1, 0.15) is 25.0 Å². The number of aromatic nitrogens is 1. The molecule has 0 radical (unpaired) electrons. The number of carbonyl (C=O) groups excluding carboxylic acids is 1. The number of likely N-dealkylation sites (N-methyl/N-ethyl adjacent to an activating group) is 1. The highest BCUT2D eigenvalue weighted by molar-refractivity contribution is 5.97. The fourth-order valence-electron chi connectivity index (χ4n) is 4.58. The lowest BCUT2D eigenvalue weighted by atomic mass is 9.85. The minimum absolute atomic E-state index is 0.0472. The van der Waals surface area contributed by atoms with Gasteiger partial charge in [-0.1, -0.05) is 24.3 Å². The quantitative estimate of drug-likeness (QED) is 0.861. The molecule has 3 heterocycles. The number of nitrogens with zero attached hydrogens (tertiary/aromatic N) is 3. The highest BCUT2D eigenvalue weighted by Gasteiger charge is 2.36. The fraction of sp³-hybridized carbons (Fsp3) is 0.476. The summed E-state index contributed by atoms with van der Waals surface area (Å²) >= 11 is 0. The Balaban J connectivity index is 1.82. The molecule has 4 nitrogen and oxygen atoms in total. The molecule has 0 N–H and O–H groups in total. The Morgan fingerprint density at radius 1 is 1.24 bits per heavy atom. The molecule has 0 aliphatic carbocycles. The van der Waals surface area contributed by atoms with Gasteiger partial charge in [0.2, 0.25) is 5.91 Å². The molecular formula is C21H27N3O. The second-order valence-corrected chi connectivity index (χ2v) is 7.36. The average molecular weight is 337 g/mol. The van der Waals surface area contributed by atoms with Crippen LogP contribution in [0.3, 0.4) is 0 Å². The monoisotopic (exact) mass is 337 g/mol. The maximum atomic E-state index is 12.9. The van der Waals surface area contributed by atoms with E-state index in [2.05, 4.69) is 67.8 Å². The number of rotatable bonds is 3. The molecule has 1 amide bonds. The standard InChI is InChI=1S/C21H27N3O/c1-5-23(6-2)21(25)15-10-18-17-9-7-8-16-14(3)11-24(20(16)17)13-19(18)22(4)12-15/h7-11,15,19H,5-6,12-13H2,1-4H3/t15-,19-/m1/s1. The summed E-state index contributed by atoms with van der Waals surface area (Å²) in [5.74, 6) is 0.209. The molecule has 0 fully saturated rings. The molecule has 0 saturated carbocycles. The molecule has 2 atom stereocenters. The van der Waals surface area contributed by atoms with Crippen molar-refractivity contribution in [1.82, 2.24) is 14.4 Å². The van der Waals surface area contributed by atoms with Crippen LogP contribution in [0.5, 0.6) is 0 Å². The molecule has 1 aromatic heterocycles. The van der Waals surface area contributed by atoms with Crippen LogP contribution >= 0.6 is 0 Å². The van der Waals surface area contributed by atoms with Crippen molar-refractivity contribution < 1.29 is 4.79 Å². The summed E-state index contributed by atoms with van der Waals surface area (Å²) in [6.07, 6.45) is 4.53. The molecule has 0 unspecified atom stereocenters. The van der Waals surface area contributed by atoms with Crippen LogP contribution in [0.25, 0.3) is 16.5 Å². The van der Waals surface area contributed by atoms with E-state index in [0.29, 0.717) is 6.04 Å². The number of carbonyl (C=O) groups is 1. The molecule has 0 bridgehead atoms. The van der Waals surface area contributed by atoms with Crippen molar-refractivity contribution in [1.29, 1.82) is 0 Å². The third-order valence-corrected chi connectivity index (χ3v) is 5.93. The summed E-state index contributed by atoms with van der Waals surface area (Å²) in [7, 11) is 2.15. The van der Waals surface area contributed by atoms with E-state index >= 15 is 0 Å². The van der Waals surface area contributed by atoms with Gasteiger partial charge in [0.05, 0.1) is 17.5 Å². The Hall–Kier alpha value is -2.07. The molecule has 132 valence electrons. The molecular weight excluding hydrogens is 310 g/mol. The van der Waals surface area contributed by atoms with Crippen LogP contribution in [-0.4, -0.2) is 53.0 Å². The molecule has 2 aliphatic rings. The van der Waals surface area contributed by atoms with Crippen LogP contribution in [0.2, 0.25) is 0 Å². The minimum Gasteiger partial charge on any atom is -0.345 e. The summed E-state index contributed by atoms with van der Waals surface area (Å²) in [6.45, 7) is 9.62. The SMILES string of the molecule is CCN(CC)C(=O)[C@@H]1C=C2c3cccc4c(C)cn(c34)C[C@H]2N(C)C1. The highest BCUT2D eigenvalue weighted by Crippen LogP contribution is 2.39. The highest BCUT2D eigenvalue weighted by atomic mass is 16.2. The minimum atomic E-state index is -0.0472. The lowest BCUT2D eigenvalue weighted by molar-refractivity contribution is -0.134. The van der Waals surface area contributed by atoms with Gasteiger partial charge in [0.15, 0.2) is 0 Å². The van der Waals surface area contributed by atoms with Crippen molar-refractivity contribution in [3.8, 4) is 0 Å². The number of hydrogen-bond acceptors (Lipinski definition) is 2. The summed E-state index contributed by atoms with van der Waals surface area (Å²) in [6, 6.07) is 6.92. The van der Waals surface area contributed by atoms with Gasteiger partial charge in [-0.05, 0) is 39.0 Å². The summed E-state index contributed by atoms with van der Waals surface area (Å²) in [5.41, 5.74) is 5.28. The number of para-hydroxylation sites is 1. The Kier molecular flexibility index (Phi) is 3.95. The van der Waals surface area contributed by atoms with Crippen LogP contribution in [-0.2, 0) is 11.3 Å². The molecule has 25 heavy (non-hydrogen) atoms. The van der Waals surface area contributed by atoms with Crippen LogP contribution < -0.4 is 0 Å². The molecule has 2 aliphatic heterocycles. The molecule has 1 aromatic carbocycles. The van der Waals surface area contributed by atoms with E-state index in [1.165, 1.54) is 27.6 Å². The average Bonchev–Trinajstić information content (AvgIpc) is 2.94. The van der Waals surface area contributed by atoms with Crippen molar-refractivity contribution in [2.75, 3.05) is 26.7 Å². The van der Waals surface area contributed by atoms with E-state index in [-0.39, 0.29) is 11.8 Å². The molecule has 4 heteroatoms. The van der Waals surface area contributed by atoms with Gasteiger partial charge in [-0.15, -0.1) is 0 Å². The van der Waals surface area contributed by atoms with E-state index in [1.807, 2.05) is 4.90 Å². The van der Waals surface area contributed by atoms with E-state index in [1.54, 1.807) is 0 Å². The maximum Gasteiger partial charge on any atom is 0.230 e. The number of fused-ring (bicyclic) bond motifs is 2. The van der Waals surface area contributed by atoms with Crippen LogP contribution in [0.15, 0.2) is 30.5 Å². The summed E-state index contributed by atoms with van der Waals surface area (Å²) in [5, 5.41) is 1.33. The van der Waals surface area contributed by atoms with Crippen LogP contribution in [0.4, 0.5) is 0 Å². The Morgan fingerprint density at radius 2 is 2.00 bits per heavy atom. The van der Waals surface area contributed by atoms with Crippen molar-refractivity contribution in [2.24, 2.45) is 5.92 Å². The first-order chi connectivity index (χ1) is 12.0. The largest absolute Gasteiger partial charge is 0.345 e. The number of aryl methyl sites for hydroxylation is 1. The van der Waals surface area contributed by atoms with Crippen LogP contribution in [0, 0.1) is 12.8 Å². The third-order valence-electron chi connectivity index (χ3n) is 5.93. The number of benzene rings is 1. The second-order valence-electron chi connectivity index (χ2n) is 7.36. The lowest BCUT2D eigenvalue weighted by Crippen LogP contribution is -2.48. The van der Waals surface area contributed by atoms with Gasteiger partial charge in [-0.25, -0.2) is 0 Å². The molecule has 2 aromatic rings. The lowest BCUT2D eigenvalue weighted by Gasteiger charge is -2.41. The second kappa shape index (κ2) is 6.03. The van der Waals surface area contributed by atoms with Gasteiger partial charge in [0, 0.05) is 43.3 Å². The zero-order valence-electron chi connectivity index (χ0n) is 15.6. The van der Waals surface area contributed by atoms with E-state index in [9.17, 15) is 4.79 Å². The Bertz CT molecular complexity index is 859. The van der Waals surface area contributed by atoms with Gasteiger partial charge < -0.3 is 9.47 Å². The zero-order chi connectivity index (χ0) is 17.7. The first-order valence-electron chi connectivity index (χ1n) is 9.34. The summed E-state index contributed by atoms with van der Waals surface area (Å²) in [4.78, 5) is 17.2. The number of amides is 1. The predicted octanol–water partition coefficient (Wildman–Crippen LogP) is 3.15. The Morgan fingerprint density at radius 3 is 2.72 bits per heavy atom.